The van der Waals surface area contributed by atoms with Crippen molar-refractivity contribution in [2.75, 3.05) is 13.7 Å². The number of carbonyl (C=O) groups is 2. The second-order valence-corrected chi connectivity index (χ2v) is 3.54. The van der Waals surface area contributed by atoms with Gasteiger partial charge in [-0.2, -0.15) is 0 Å². The van der Waals surface area contributed by atoms with Crippen LogP contribution in [0.5, 0.6) is 11.5 Å². The molecular weight excluding hydrogens is 236 g/mol. The third-order valence-electron chi connectivity index (χ3n) is 2.18. The fraction of sp³-hybridized carbons (Fsp3) is 0.385. The summed E-state index contributed by atoms with van der Waals surface area (Å²) in [7, 11) is 1.55. The molecular formula is C13H16O5. The molecule has 0 unspecified atom stereocenters. The van der Waals surface area contributed by atoms with E-state index in [0.29, 0.717) is 11.5 Å². The zero-order valence-electron chi connectivity index (χ0n) is 10.6. The van der Waals surface area contributed by atoms with Crippen molar-refractivity contribution in [1.29, 1.82) is 0 Å². The third kappa shape index (κ3) is 3.76. The zero-order valence-corrected chi connectivity index (χ0v) is 10.6. The molecule has 18 heavy (non-hydrogen) atoms. The first-order valence-electron chi connectivity index (χ1n) is 5.56. The summed E-state index contributed by atoms with van der Waals surface area (Å²) in [5.41, 5.74) is 0. The first-order chi connectivity index (χ1) is 8.58. The van der Waals surface area contributed by atoms with E-state index in [2.05, 4.69) is 0 Å². The van der Waals surface area contributed by atoms with Gasteiger partial charge in [-0.05, 0) is 38.1 Å². The molecule has 5 nitrogen and oxygen atoms in total. The van der Waals surface area contributed by atoms with Crippen LogP contribution in [0.4, 0.5) is 0 Å². The average Bonchev–Trinajstić information content (AvgIpc) is 2.36. The number of benzene rings is 1. The molecule has 0 bridgehead atoms. The highest BCUT2D eigenvalue weighted by Gasteiger charge is 2.26. The molecule has 0 radical (unpaired) electrons. The molecule has 98 valence electrons. The lowest BCUT2D eigenvalue weighted by Crippen LogP contribution is -2.35. The first kappa shape index (κ1) is 14.0. The van der Waals surface area contributed by atoms with E-state index in [-0.39, 0.29) is 6.61 Å². The van der Waals surface area contributed by atoms with E-state index in [4.69, 9.17) is 14.2 Å². The van der Waals surface area contributed by atoms with Gasteiger partial charge in [0.2, 0.25) is 0 Å². The van der Waals surface area contributed by atoms with Crippen LogP contribution in [0.1, 0.15) is 13.8 Å². The highest BCUT2D eigenvalue weighted by atomic mass is 16.6. The number of hydrogen-bond donors (Lipinski definition) is 0. The predicted octanol–water partition coefficient (Wildman–Crippen LogP) is 1.59. The Labute approximate surface area is 106 Å². The van der Waals surface area contributed by atoms with Crippen LogP contribution in [-0.4, -0.2) is 31.6 Å². The highest BCUT2D eigenvalue weighted by Crippen LogP contribution is 2.18. The number of esters is 1. The maximum Gasteiger partial charge on any atom is 0.355 e. The van der Waals surface area contributed by atoms with E-state index < -0.39 is 17.9 Å². The molecule has 0 saturated heterocycles. The van der Waals surface area contributed by atoms with Gasteiger partial charge in [0.05, 0.1) is 13.7 Å². The van der Waals surface area contributed by atoms with Gasteiger partial charge >= 0.3 is 5.97 Å². The van der Waals surface area contributed by atoms with Gasteiger partial charge in [-0.15, -0.1) is 0 Å². The minimum absolute atomic E-state index is 0.203. The second-order valence-electron chi connectivity index (χ2n) is 3.54. The van der Waals surface area contributed by atoms with E-state index in [1.165, 1.54) is 6.92 Å². The topological polar surface area (TPSA) is 61.8 Å². The molecule has 0 heterocycles. The van der Waals surface area contributed by atoms with E-state index in [1.54, 1.807) is 38.3 Å². The lowest BCUT2D eigenvalue weighted by Gasteiger charge is -2.15. The second kappa shape index (κ2) is 6.64. The number of ketones is 1. The van der Waals surface area contributed by atoms with Gasteiger partial charge in [-0.25, -0.2) is 4.79 Å². The Kier molecular flexibility index (Phi) is 5.17. The molecule has 1 aromatic rings. The summed E-state index contributed by atoms with van der Waals surface area (Å²) in [4.78, 5) is 22.9. The maximum absolute atomic E-state index is 11.5. The minimum Gasteiger partial charge on any atom is -0.497 e. The number of hydrogen-bond acceptors (Lipinski definition) is 5. The Bertz CT molecular complexity index is 410. The summed E-state index contributed by atoms with van der Waals surface area (Å²) in [5.74, 6) is -0.00741. The van der Waals surface area contributed by atoms with Crippen LogP contribution in [-0.2, 0) is 14.3 Å². The normalized spacial score (nSPS) is 11.5. The van der Waals surface area contributed by atoms with Crippen molar-refractivity contribution in [3.05, 3.63) is 24.3 Å². The number of methoxy groups -OCH3 is 1. The molecule has 0 aliphatic carbocycles. The van der Waals surface area contributed by atoms with Gasteiger partial charge in [0.25, 0.3) is 6.10 Å². The molecule has 0 aromatic heterocycles. The Hall–Kier alpha value is -2.04. The SMILES string of the molecule is CCOC(=O)[C@@H](Oc1ccc(OC)cc1)C(C)=O. The van der Waals surface area contributed by atoms with Gasteiger partial charge < -0.3 is 14.2 Å². The summed E-state index contributed by atoms with van der Waals surface area (Å²) >= 11 is 0. The minimum atomic E-state index is -1.22. The van der Waals surface area contributed by atoms with Crippen molar-refractivity contribution in [1.82, 2.24) is 0 Å². The quantitative estimate of drug-likeness (QED) is 0.568. The molecule has 0 aliphatic rings. The molecule has 0 spiro atoms. The number of Topliss-reactive ketones (excluding diaryl/α,β-unsaturated/α-hetero) is 1. The first-order valence-corrected chi connectivity index (χ1v) is 5.56. The summed E-state index contributed by atoms with van der Waals surface area (Å²) in [6, 6.07) is 6.59. The van der Waals surface area contributed by atoms with Gasteiger partial charge in [-0.1, -0.05) is 0 Å². The molecule has 1 aromatic carbocycles. The molecule has 1 rings (SSSR count). The fourth-order valence-electron chi connectivity index (χ4n) is 1.31. The van der Waals surface area contributed by atoms with E-state index in [1.807, 2.05) is 0 Å². The van der Waals surface area contributed by atoms with Crippen molar-refractivity contribution in [2.45, 2.75) is 20.0 Å². The van der Waals surface area contributed by atoms with E-state index in [0.717, 1.165) is 0 Å². The standard InChI is InChI=1S/C13H16O5/c1-4-17-13(15)12(9(2)14)18-11-7-5-10(16-3)6-8-11/h5-8,12H,4H2,1-3H3/t12-/m0/s1. The van der Waals surface area contributed by atoms with Crippen molar-refractivity contribution in [3.63, 3.8) is 0 Å². The van der Waals surface area contributed by atoms with Crippen LogP contribution < -0.4 is 9.47 Å². The van der Waals surface area contributed by atoms with Crippen molar-refractivity contribution < 1.29 is 23.8 Å². The predicted molar refractivity (Wildman–Crippen MR) is 64.7 cm³/mol. The summed E-state index contributed by atoms with van der Waals surface area (Å²) in [6.45, 7) is 3.15. The van der Waals surface area contributed by atoms with Gasteiger partial charge in [0.15, 0.2) is 5.78 Å². The smallest absolute Gasteiger partial charge is 0.355 e. The summed E-state index contributed by atoms with van der Waals surface area (Å²) < 4.78 is 15.1. The molecule has 0 aliphatic heterocycles. The fourth-order valence-corrected chi connectivity index (χ4v) is 1.31. The number of carbonyl (C=O) groups excluding carboxylic acids is 2. The average molecular weight is 252 g/mol. The molecule has 0 saturated carbocycles. The Balaban J connectivity index is 2.76. The van der Waals surface area contributed by atoms with E-state index in [9.17, 15) is 9.59 Å². The zero-order chi connectivity index (χ0) is 13.5. The molecule has 0 amide bonds. The molecule has 0 fully saturated rings. The van der Waals surface area contributed by atoms with Crippen LogP contribution >= 0.6 is 0 Å². The van der Waals surface area contributed by atoms with Crippen molar-refractivity contribution in [3.8, 4) is 11.5 Å². The summed E-state index contributed by atoms with van der Waals surface area (Å²) in [6.07, 6.45) is -1.22. The highest BCUT2D eigenvalue weighted by molar-refractivity contribution is 6.01. The van der Waals surface area contributed by atoms with Crippen LogP contribution in [0.2, 0.25) is 0 Å². The maximum atomic E-state index is 11.5. The summed E-state index contributed by atoms with van der Waals surface area (Å²) in [5, 5.41) is 0. The number of rotatable bonds is 6. The lowest BCUT2D eigenvalue weighted by molar-refractivity contribution is -0.154. The van der Waals surface area contributed by atoms with Crippen LogP contribution in [0, 0.1) is 0 Å². The lowest BCUT2D eigenvalue weighted by atomic mass is 10.2. The molecule has 1 atom stereocenters. The van der Waals surface area contributed by atoms with Crippen molar-refractivity contribution >= 4 is 11.8 Å². The Morgan fingerprint density at radius 2 is 1.72 bits per heavy atom. The van der Waals surface area contributed by atoms with Crippen molar-refractivity contribution in [2.24, 2.45) is 0 Å². The van der Waals surface area contributed by atoms with Crippen LogP contribution in [0.25, 0.3) is 0 Å². The molecule has 5 heteroatoms. The van der Waals surface area contributed by atoms with Crippen LogP contribution in [0.15, 0.2) is 24.3 Å². The molecule has 0 N–H and O–H groups in total. The Morgan fingerprint density at radius 1 is 1.17 bits per heavy atom. The van der Waals surface area contributed by atoms with Crippen LogP contribution in [0.3, 0.4) is 0 Å². The van der Waals surface area contributed by atoms with Gasteiger partial charge in [0.1, 0.15) is 11.5 Å². The largest absolute Gasteiger partial charge is 0.497 e. The van der Waals surface area contributed by atoms with Gasteiger partial charge in [0, 0.05) is 0 Å². The Morgan fingerprint density at radius 3 is 2.17 bits per heavy atom. The van der Waals surface area contributed by atoms with E-state index >= 15 is 0 Å². The monoisotopic (exact) mass is 252 g/mol. The van der Waals surface area contributed by atoms with Gasteiger partial charge in [-0.3, -0.25) is 4.79 Å². The number of ether oxygens (including phenoxy) is 3. The third-order valence-corrected chi connectivity index (χ3v) is 2.18.